The van der Waals surface area contributed by atoms with Gasteiger partial charge in [0, 0.05) is 17.5 Å². The molecular weight excluding hydrogens is 340 g/mol. The highest BCUT2D eigenvalue weighted by atomic mass is 16.5. The molecule has 0 bridgehead atoms. The average molecular weight is 368 g/mol. The lowest BCUT2D eigenvalue weighted by Crippen LogP contribution is -2.65. The summed E-state index contributed by atoms with van der Waals surface area (Å²) >= 11 is 0. The molecule has 1 heterocycles. The molecule has 5 nitrogen and oxygen atoms in total. The first-order chi connectivity index (χ1) is 13.0. The van der Waals surface area contributed by atoms with E-state index >= 15 is 0 Å². The second-order valence-electron chi connectivity index (χ2n) is 7.38. The van der Waals surface area contributed by atoms with E-state index in [4.69, 9.17) is 4.74 Å². The molecule has 0 spiro atoms. The molecule has 1 aliphatic heterocycles. The number of ether oxygens (including phenoxy) is 1. The summed E-state index contributed by atoms with van der Waals surface area (Å²) in [5.41, 5.74) is 3.29. The van der Waals surface area contributed by atoms with E-state index in [0.717, 1.165) is 22.4 Å². The van der Waals surface area contributed by atoms with Crippen molar-refractivity contribution in [2.24, 2.45) is 0 Å². The Kier molecular flexibility index (Phi) is 5.82. The van der Waals surface area contributed by atoms with Crippen LogP contribution in [-0.4, -0.2) is 67.3 Å². The lowest BCUT2D eigenvalue weighted by molar-refractivity contribution is -0.149. The number of aliphatic hydroxyl groups excluding tert-OH is 1. The molecular formula is C22H28N2O3. The molecule has 1 aliphatic rings. The van der Waals surface area contributed by atoms with E-state index in [-0.39, 0.29) is 30.5 Å². The maximum absolute atomic E-state index is 12.5. The van der Waals surface area contributed by atoms with Crippen molar-refractivity contribution in [1.29, 1.82) is 0 Å². The van der Waals surface area contributed by atoms with Gasteiger partial charge in [-0.25, -0.2) is 0 Å². The Labute approximate surface area is 161 Å². The van der Waals surface area contributed by atoms with Crippen molar-refractivity contribution < 1.29 is 14.6 Å². The summed E-state index contributed by atoms with van der Waals surface area (Å²) in [4.78, 5) is 16.1. The molecule has 1 saturated heterocycles. The third-order valence-electron chi connectivity index (χ3n) is 5.37. The molecule has 0 aliphatic carbocycles. The predicted molar refractivity (Wildman–Crippen MR) is 107 cm³/mol. The van der Waals surface area contributed by atoms with Gasteiger partial charge in [0.1, 0.15) is 5.75 Å². The van der Waals surface area contributed by atoms with Gasteiger partial charge >= 0.3 is 0 Å². The van der Waals surface area contributed by atoms with Gasteiger partial charge in [0.15, 0.2) is 0 Å². The molecule has 1 N–H and O–H groups in total. The minimum absolute atomic E-state index is 0.0254. The first-order valence-corrected chi connectivity index (χ1v) is 9.28. The zero-order valence-corrected chi connectivity index (χ0v) is 16.4. The number of hydrogen-bond acceptors (Lipinski definition) is 4. The molecule has 2 aromatic rings. The number of hydrogen-bond donors (Lipinski definition) is 1. The average Bonchev–Trinajstić information content (AvgIpc) is 2.65. The second-order valence-corrected chi connectivity index (χ2v) is 7.38. The molecule has 0 radical (unpaired) electrons. The first-order valence-electron chi connectivity index (χ1n) is 9.28. The largest absolute Gasteiger partial charge is 0.496 e. The standard InChI is InChI=1S/C22H28N2O3/c1-15-22(19(14-25)24(15)21(26)13-23(2)3)17-11-9-16(10-12-17)18-7-5-6-8-20(18)27-4/h5-12,15,19,22,25H,13-14H2,1-4H3/t15-,19+,22?/m1/s1. The fourth-order valence-electron chi connectivity index (χ4n) is 4.10. The van der Waals surface area contributed by atoms with Gasteiger partial charge in [-0.3, -0.25) is 4.79 Å². The van der Waals surface area contributed by atoms with E-state index in [1.807, 2.05) is 48.2 Å². The van der Waals surface area contributed by atoms with E-state index in [9.17, 15) is 9.90 Å². The van der Waals surface area contributed by atoms with Crippen LogP contribution in [0.4, 0.5) is 0 Å². The lowest BCUT2D eigenvalue weighted by atomic mass is 9.75. The van der Waals surface area contributed by atoms with E-state index in [2.05, 4.69) is 31.2 Å². The van der Waals surface area contributed by atoms with Gasteiger partial charge in [-0.2, -0.15) is 0 Å². The van der Waals surface area contributed by atoms with Crippen LogP contribution < -0.4 is 4.74 Å². The molecule has 5 heteroatoms. The smallest absolute Gasteiger partial charge is 0.237 e. The summed E-state index contributed by atoms with van der Waals surface area (Å²) in [6.07, 6.45) is 0. The van der Waals surface area contributed by atoms with Crippen molar-refractivity contribution >= 4 is 5.91 Å². The Morgan fingerprint density at radius 1 is 1.15 bits per heavy atom. The van der Waals surface area contributed by atoms with Crippen molar-refractivity contribution in [2.45, 2.75) is 24.9 Å². The Bertz CT molecular complexity index is 788. The Hall–Kier alpha value is -2.37. The molecule has 0 saturated carbocycles. The lowest BCUT2D eigenvalue weighted by Gasteiger charge is -2.54. The van der Waals surface area contributed by atoms with Gasteiger partial charge in [-0.15, -0.1) is 0 Å². The molecule has 1 fully saturated rings. The summed E-state index contributed by atoms with van der Waals surface area (Å²) in [5.74, 6) is 1.05. The number of carbonyl (C=O) groups is 1. The highest BCUT2D eigenvalue weighted by molar-refractivity contribution is 5.80. The molecule has 3 rings (SSSR count). The zero-order valence-electron chi connectivity index (χ0n) is 16.4. The van der Waals surface area contributed by atoms with Crippen LogP contribution in [0.2, 0.25) is 0 Å². The summed E-state index contributed by atoms with van der Waals surface area (Å²) in [7, 11) is 5.43. The maximum atomic E-state index is 12.5. The third kappa shape index (κ3) is 3.70. The normalized spacial score (nSPS) is 21.9. The number of methoxy groups -OCH3 is 1. The number of likely N-dealkylation sites (tertiary alicyclic amines) is 1. The SMILES string of the molecule is COc1ccccc1-c1ccc(C2[C@@H](C)N(C(=O)CN(C)C)[C@H]2CO)cc1. The van der Waals surface area contributed by atoms with Crippen LogP contribution in [0, 0.1) is 0 Å². The number of rotatable bonds is 6. The van der Waals surface area contributed by atoms with Gasteiger partial charge in [-0.05, 0) is 38.2 Å². The van der Waals surface area contributed by atoms with Crippen molar-refractivity contribution in [3.63, 3.8) is 0 Å². The molecule has 1 amide bonds. The van der Waals surface area contributed by atoms with E-state index in [1.54, 1.807) is 7.11 Å². The summed E-state index contributed by atoms with van der Waals surface area (Å²) in [6, 6.07) is 16.2. The van der Waals surface area contributed by atoms with Gasteiger partial charge < -0.3 is 19.6 Å². The highest BCUT2D eigenvalue weighted by Gasteiger charge is 2.48. The quantitative estimate of drug-likeness (QED) is 0.852. The molecule has 1 unspecified atom stereocenters. The summed E-state index contributed by atoms with van der Waals surface area (Å²) < 4.78 is 5.45. The number of para-hydroxylation sites is 1. The number of aliphatic hydroxyl groups is 1. The van der Waals surface area contributed by atoms with Gasteiger partial charge in [0.2, 0.25) is 5.91 Å². The summed E-state index contributed by atoms with van der Waals surface area (Å²) in [5, 5.41) is 9.87. The Balaban J connectivity index is 1.80. The fourth-order valence-corrected chi connectivity index (χ4v) is 4.10. The van der Waals surface area contributed by atoms with Crippen molar-refractivity contribution in [2.75, 3.05) is 34.4 Å². The summed E-state index contributed by atoms with van der Waals surface area (Å²) in [6.45, 7) is 2.39. The van der Waals surface area contributed by atoms with E-state index in [0.29, 0.717) is 6.54 Å². The minimum Gasteiger partial charge on any atom is -0.496 e. The maximum Gasteiger partial charge on any atom is 0.237 e. The van der Waals surface area contributed by atoms with Crippen LogP contribution >= 0.6 is 0 Å². The minimum atomic E-state index is -0.162. The highest BCUT2D eigenvalue weighted by Crippen LogP contribution is 2.41. The van der Waals surface area contributed by atoms with E-state index < -0.39 is 0 Å². The second kappa shape index (κ2) is 8.11. The van der Waals surface area contributed by atoms with Crippen LogP contribution in [0.1, 0.15) is 18.4 Å². The number of benzene rings is 2. The van der Waals surface area contributed by atoms with Gasteiger partial charge in [0.05, 0.1) is 26.3 Å². The van der Waals surface area contributed by atoms with Gasteiger partial charge in [-0.1, -0.05) is 42.5 Å². The van der Waals surface area contributed by atoms with E-state index in [1.165, 1.54) is 0 Å². The van der Waals surface area contributed by atoms with Crippen LogP contribution in [0.25, 0.3) is 11.1 Å². The van der Waals surface area contributed by atoms with Crippen LogP contribution in [-0.2, 0) is 4.79 Å². The zero-order chi connectivity index (χ0) is 19.6. The van der Waals surface area contributed by atoms with Crippen LogP contribution in [0.15, 0.2) is 48.5 Å². The van der Waals surface area contributed by atoms with Gasteiger partial charge in [0.25, 0.3) is 0 Å². The number of carbonyl (C=O) groups excluding carboxylic acids is 1. The van der Waals surface area contributed by atoms with Crippen molar-refractivity contribution in [3.05, 3.63) is 54.1 Å². The Morgan fingerprint density at radius 2 is 1.81 bits per heavy atom. The molecule has 0 aromatic heterocycles. The first kappa shape index (κ1) is 19.4. The topological polar surface area (TPSA) is 53.0 Å². The Morgan fingerprint density at radius 3 is 2.41 bits per heavy atom. The molecule has 27 heavy (non-hydrogen) atoms. The van der Waals surface area contributed by atoms with Crippen LogP contribution in [0.3, 0.4) is 0 Å². The third-order valence-corrected chi connectivity index (χ3v) is 5.37. The van der Waals surface area contributed by atoms with Crippen molar-refractivity contribution in [3.8, 4) is 16.9 Å². The molecule has 144 valence electrons. The molecule has 3 atom stereocenters. The molecule has 2 aromatic carbocycles. The fraction of sp³-hybridized carbons (Fsp3) is 0.409. The van der Waals surface area contributed by atoms with Crippen molar-refractivity contribution in [1.82, 2.24) is 9.80 Å². The number of amides is 1. The number of likely N-dealkylation sites (N-methyl/N-ethyl adjacent to an activating group) is 1. The number of nitrogens with zero attached hydrogens (tertiary/aromatic N) is 2. The predicted octanol–water partition coefficient (Wildman–Crippen LogP) is 2.60. The van der Waals surface area contributed by atoms with Crippen LogP contribution in [0.5, 0.6) is 5.75 Å². The monoisotopic (exact) mass is 368 g/mol.